The molecule has 2 saturated carbocycles. The first-order valence-electron chi connectivity index (χ1n) is 15.1. The molecule has 36 heavy (non-hydrogen) atoms. The Morgan fingerprint density at radius 2 is 1.78 bits per heavy atom. The van der Waals surface area contributed by atoms with Gasteiger partial charge in [0.25, 0.3) is 0 Å². The van der Waals surface area contributed by atoms with Crippen LogP contribution < -0.4 is 0 Å². The quantitative estimate of drug-likeness (QED) is 0.293. The summed E-state index contributed by atoms with van der Waals surface area (Å²) in [5.74, 6) is 3.42. The van der Waals surface area contributed by atoms with Crippen LogP contribution in [0.25, 0.3) is 0 Å². The van der Waals surface area contributed by atoms with E-state index in [0.29, 0.717) is 5.92 Å². The first-order valence-corrected chi connectivity index (χ1v) is 15.1. The summed E-state index contributed by atoms with van der Waals surface area (Å²) in [7, 11) is 0. The van der Waals surface area contributed by atoms with Gasteiger partial charge in [0, 0.05) is 12.5 Å². The Hall–Kier alpha value is -1.79. The second-order valence-corrected chi connectivity index (χ2v) is 12.2. The lowest BCUT2D eigenvalue weighted by Crippen LogP contribution is -2.49. The van der Waals surface area contributed by atoms with Crippen molar-refractivity contribution in [2.24, 2.45) is 23.7 Å². The van der Waals surface area contributed by atoms with Crippen molar-refractivity contribution < 1.29 is 4.74 Å². The maximum Gasteiger partial charge on any atom is 0.103 e. The lowest BCUT2D eigenvalue weighted by molar-refractivity contribution is 0.0250. The van der Waals surface area contributed by atoms with Crippen molar-refractivity contribution in [2.75, 3.05) is 19.6 Å². The summed E-state index contributed by atoms with van der Waals surface area (Å²) in [6, 6.07) is 13.8. The number of benzene rings is 1. The molecule has 0 spiro atoms. The van der Waals surface area contributed by atoms with Gasteiger partial charge in [0.2, 0.25) is 0 Å². The van der Waals surface area contributed by atoms with Gasteiger partial charge in [0.1, 0.15) is 6.10 Å². The number of rotatable bonds is 11. The van der Waals surface area contributed by atoms with Crippen LogP contribution in [-0.4, -0.2) is 30.6 Å². The summed E-state index contributed by atoms with van der Waals surface area (Å²) in [6.45, 7) is 12.7. The standard InChI is InChI=1S/C33H50N2O/c1-5-25(3)22-27(6-2)23-35-20-18-30(19-21-35)33(24-34,29-14-8-7-9-15-29)31-16-11-17-32(31)36-26(4)28-12-10-13-28/h7-9,14-15,25,27,30-32H,5-6,10-13,16-23H2,1-4H3. The molecule has 1 saturated heterocycles. The molecule has 2 aliphatic carbocycles. The molecule has 1 aliphatic heterocycles. The molecule has 1 heterocycles. The van der Waals surface area contributed by atoms with Gasteiger partial charge in [-0.25, -0.2) is 0 Å². The van der Waals surface area contributed by atoms with Crippen LogP contribution in [0.5, 0.6) is 0 Å². The molecule has 5 atom stereocenters. The maximum atomic E-state index is 11.0. The summed E-state index contributed by atoms with van der Waals surface area (Å²) in [4.78, 5) is 2.70. The van der Waals surface area contributed by atoms with Crippen molar-refractivity contribution in [3.05, 3.63) is 47.2 Å². The lowest BCUT2D eigenvalue weighted by atomic mass is 9.59. The van der Waals surface area contributed by atoms with E-state index in [4.69, 9.17) is 4.74 Å². The van der Waals surface area contributed by atoms with Crippen LogP contribution in [0, 0.1) is 35.0 Å². The van der Waals surface area contributed by atoms with Crippen molar-refractivity contribution in [2.45, 2.75) is 110 Å². The fraction of sp³-hybridized carbons (Fsp3) is 0.727. The Labute approximate surface area is 221 Å². The number of piperidine rings is 1. The van der Waals surface area contributed by atoms with E-state index in [1.807, 2.05) is 0 Å². The number of nitriles is 1. The van der Waals surface area contributed by atoms with Crippen molar-refractivity contribution in [1.82, 2.24) is 4.90 Å². The Balaban J connectivity index is 1.53. The summed E-state index contributed by atoms with van der Waals surface area (Å²) in [5.41, 5.74) is 2.27. The average Bonchev–Trinajstić information content (AvgIpc) is 3.33. The predicted molar refractivity (Wildman–Crippen MR) is 150 cm³/mol. The predicted octanol–water partition coefficient (Wildman–Crippen LogP) is 8.27. The number of allylic oxidation sites excluding steroid dienone is 2. The van der Waals surface area contributed by atoms with Gasteiger partial charge in [-0.3, -0.25) is 0 Å². The van der Waals surface area contributed by atoms with Crippen LogP contribution in [0.4, 0.5) is 0 Å². The van der Waals surface area contributed by atoms with E-state index in [9.17, 15) is 5.26 Å². The van der Waals surface area contributed by atoms with Gasteiger partial charge in [0.15, 0.2) is 0 Å². The first-order chi connectivity index (χ1) is 17.5. The minimum Gasteiger partial charge on any atom is -0.495 e. The molecule has 0 bridgehead atoms. The third-order valence-electron chi connectivity index (χ3n) is 10.0. The molecular weight excluding hydrogens is 440 g/mol. The number of likely N-dealkylation sites (tertiary alicyclic amines) is 1. The van der Waals surface area contributed by atoms with Crippen LogP contribution in [0.15, 0.2) is 41.7 Å². The molecule has 3 aliphatic rings. The van der Waals surface area contributed by atoms with E-state index in [1.54, 1.807) is 0 Å². The van der Waals surface area contributed by atoms with Crippen molar-refractivity contribution in [3.8, 4) is 6.07 Å². The summed E-state index contributed by atoms with van der Waals surface area (Å²) >= 11 is 0. The third kappa shape index (κ3) is 5.85. The molecule has 3 heteroatoms. The summed E-state index contributed by atoms with van der Waals surface area (Å²) in [5, 5.41) is 11.0. The molecule has 0 amide bonds. The van der Waals surface area contributed by atoms with Gasteiger partial charge in [-0.15, -0.1) is 0 Å². The fourth-order valence-corrected chi connectivity index (χ4v) is 7.35. The van der Waals surface area contributed by atoms with Crippen LogP contribution in [-0.2, 0) is 10.2 Å². The second-order valence-electron chi connectivity index (χ2n) is 12.2. The van der Waals surface area contributed by atoms with Crippen LogP contribution >= 0.6 is 0 Å². The molecular formula is C33H50N2O. The molecule has 0 N–H and O–H groups in total. The van der Waals surface area contributed by atoms with E-state index >= 15 is 0 Å². The van der Waals surface area contributed by atoms with Crippen molar-refractivity contribution in [3.63, 3.8) is 0 Å². The van der Waals surface area contributed by atoms with E-state index in [-0.39, 0.29) is 12.0 Å². The van der Waals surface area contributed by atoms with Gasteiger partial charge >= 0.3 is 0 Å². The molecule has 1 aromatic rings. The number of hydrogen-bond donors (Lipinski definition) is 0. The molecule has 0 aromatic heterocycles. The topological polar surface area (TPSA) is 36.3 Å². The monoisotopic (exact) mass is 490 g/mol. The van der Waals surface area contributed by atoms with Crippen LogP contribution in [0.1, 0.15) is 104 Å². The van der Waals surface area contributed by atoms with E-state index < -0.39 is 5.41 Å². The van der Waals surface area contributed by atoms with Gasteiger partial charge < -0.3 is 9.64 Å². The first kappa shape index (κ1) is 27.3. The third-order valence-corrected chi connectivity index (χ3v) is 10.0. The Morgan fingerprint density at radius 3 is 2.36 bits per heavy atom. The van der Waals surface area contributed by atoms with Gasteiger partial charge in [-0.1, -0.05) is 63.9 Å². The SMILES string of the molecule is CCC(C)CC(CC)CN1CCC(C(C#N)(c2ccccc2)C2CCCC2OC(C)=C2CCC2)CC1. The fourth-order valence-electron chi connectivity index (χ4n) is 7.35. The molecule has 5 unspecified atom stereocenters. The van der Waals surface area contributed by atoms with Crippen molar-refractivity contribution in [1.29, 1.82) is 5.26 Å². The summed E-state index contributed by atoms with van der Waals surface area (Å²) in [6.07, 6.45) is 13.3. The number of ether oxygens (including phenoxy) is 1. The zero-order valence-electron chi connectivity index (χ0n) is 23.5. The van der Waals surface area contributed by atoms with E-state index in [0.717, 1.165) is 56.4 Å². The highest BCUT2D eigenvalue weighted by Gasteiger charge is 2.53. The highest BCUT2D eigenvalue weighted by molar-refractivity contribution is 5.36. The zero-order valence-corrected chi connectivity index (χ0v) is 23.5. The number of hydrogen-bond acceptors (Lipinski definition) is 3. The van der Waals surface area contributed by atoms with E-state index in [2.05, 4.69) is 69.0 Å². The van der Waals surface area contributed by atoms with E-state index in [1.165, 1.54) is 62.6 Å². The second kappa shape index (κ2) is 12.6. The summed E-state index contributed by atoms with van der Waals surface area (Å²) < 4.78 is 6.70. The molecule has 3 nitrogen and oxygen atoms in total. The van der Waals surface area contributed by atoms with Crippen LogP contribution in [0.3, 0.4) is 0 Å². The highest BCUT2D eigenvalue weighted by atomic mass is 16.5. The highest BCUT2D eigenvalue weighted by Crippen LogP contribution is 2.51. The molecule has 0 radical (unpaired) electrons. The van der Waals surface area contributed by atoms with Gasteiger partial charge in [0.05, 0.1) is 17.2 Å². The molecule has 198 valence electrons. The lowest BCUT2D eigenvalue weighted by Gasteiger charge is -2.46. The van der Waals surface area contributed by atoms with Crippen LogP contribution in [0.2, 0.25) is 0 Å². The Morgan fingerprint density at radius 1 is 1.06 bits per heavy atom. The van der Waals surface area contributed by atoms with Gasteiger partial charge in [-0.05, 0) is 107 Å². The van der Waals surface area contributed by atoms with Crippen molar-refractivity contribution >= 4 is 0 Å². The number of nitrogens with zero attached hydrogens (tertiary/aromatic N) is 2. The normalized spacial score (nSPS) is 26.5. The Kier molecular flexibility index (Phi) is 9.57. The Bertz CT molecular complexity index is 888. The molecule has 4 rings (SSSR count). The minimum absolute atomic E-state index is 0.163. The largest absolute Gasteiger partial charge is 0.495 e. The smallest absolute Gasteiger partial charge is 0.103 e. The average molecular weight is 491 g/mol. The minimum atomic E-state index is -0.458. The zero-order chi connectivity index (χ0) is 25.5. The molecule has 3 fully saturated rings. The van der Waals surface area contributed by atoms with Gasteiger partial charge in [-0.2, -0.15) is 5.26 Å². The molecule has 1 aromatic carbocycles. The maximum absolute atomic E-state index is 11.0.